The lowest BCUT2D eigenvalue weighted by atomic mass is 9.96. The minimum atomic E-state index is -0.460. The predicted octanol–water partition coefficient (Wildman–Crippen LogP) is 5.60. The van der Waals surface area contributed by atoms with Gasteiger partial charge < -0.3 is 4.98 Å². The van der Waals surface area contributed by atoms with E-state index in [1.54, 1.807) is 0 Å². The lowest BCUT2D eigenvalue weighted by Gasteiger charge is -2.08. The van der Waals surface area contributed by atoms with Gasteiger partial charge in [0, 0.05) is 34.9 Å². The molecule has 0 bridgehead atoms. The Balaban J connectivity index is 1.91. The van der Waals surface area contributed by atoms with Crippen LogP contribution in [-0.4, -0.2) is 9.97 Å². The summed E-state index contributed by atoms with van der Waals surface area (Å²) in [7, 11) is 0. The van der Waals surface area contributed by atoms with E-state index in [1.807, 2.05) is 18.2 Å². The van der Waals surface area contributed by atoms with Crippen LogP contribution in [0, 0.1) is 5.95 Å². The Morgan fingerprint density at radius 2 is 1.79 bits per heavy atom. The van der Waals surface area contributed by atoms with Crippen LogP contribution in [0.1, 0.15) is 12.5 Å². The first-order valence-corrected chi connectivity index (χ1v) is 8.07. The number of benzene rings is 2. The van der Waals surface area contributed by atoms with Crippen molar-refractivity contribution in [3.05, 3.63) is 78.5 Å². The second-order valence-corrected chi connectivity index (χ2v) is 5.84. The van der Waals surface area contributed by atoms with E-state index in [0.717, 1.165) is 28.5 Å². The van der Waals surface area contributed by atoms with Crippen molar-refractivity contribution >= 4 is 10.9 Å². The molecule has 118 valence electrons. The molecule has 0 saturated heterocycles. The number of hydrogen-bond donors (Lipinski definition) is 1. The van der Waals surface area contributed by atoms with E-state index in [1.165, 1.54) is 29.0 Å². The van der Waals surface area contributed by atoms with E-state index in [-0.39, 0.29) is 0 Å². The smallest absolute Gasteiger partial charge is 0.213 e. The molecule has 24 heavy (non-hydrogen) atoms. The monoisotopic (exact) mass is 316 g/mol. The zero-order chi connectivity index (χ0) is 16.5. The Hall–Kier alpha value is -2.94. The second-order valence-electron chi connectivity index (χ2n) is 5.84. The maximum atomic E-state index is 13.4. The number of rotatable bonds is 3. The van der Waals surface area contributed by atoms with Gasteiger partial charge in [-0.05, 0) is 46.9 Å². The maximum absolute atomic E-state index is 13.4. The summed E-state index contributed by atoms with van der Waals surface area (Å²) in [5.74, 6) is -0.460. The van der Waals surface area contributed by atoms with Gasteiger partial charge in [0.25, 0.3) is 0 Å². The van der Waals surface area contributed by atoms with Crippen molar-refractivity contribution in [2.24, 2.45) is 0 Å². The highest BCUT2D eigenvalue weighted by Crippen LogP contribution is 2.34. The zero-order valence-electron chi connectivity index (χ0n) is 13.4. The third kappa shape index (κ3) is 2.48. The summed E-state index contributed by atoms with van der Waals surface area (Å²) in [6, 6.07) is 17.9. The molecule has 0 amide bonds. The molecule has 0 spiro atoms. The number of fused-ring (bicyclic) bond motifs is 1. The molecular formula is C21H17FN2. The Bertz CT molecular complexity index is 1020. The van der Waals surface area contributed by atoms with E-state index >= 15 is 0 Å². The average molecular weight is 316 g/mol. The fourth-order valence-electron chi connectivity index (χ4n) is 3.20. The van der Waals surface area contributed by atoms with Crippen molar-refractivity contribution in [2.75, 3.05) is 0 Å². The van der Waals surface area contributed by atoms with Crippen LogP contribution in [0.5, 0.6) is 0 Å². The quantitative estimate of drug-likeness (QED) is 0.490. The summed E-state index contributed by atoms with van der Waals surface area (Å²) in [5.41, 5.74) is 6.63. The molecule has 0 aliphatic rings. The predicted molar refractivity (Wildman–Crippen MR) is 96.3 cm³/mol. The van der Waals surface area contributed by atoms with E-state index < -0.39 is 5.95 Å². The number of nitrogens with zero attached hydrogens (tertiary/aromatic N) is 1. The first-order valence-electron chi connectivity index (χ1n) is 8.07. The van der Waals surface area contributed by atoms with Gasteiger partial charge >= 0.3 is 0 Å². The number of H-pyrrole nitrogens is 1. The van der Waals surface area contributed by atoms with Crippen molar-refractivity contribution in [1.29, 1.82) is 0 Å². The van der Waals surface area contributed by atoms with Crippen LogP contribution in [0.2, 0.25) is 0 Å². The first-order chi connectivity index (χ1) is 11.8. The highest BCUT2D eigenvalue weighted by molar-refractivity contribution is 5.98. The van der Waals surface area contributed by atoms with Gasteiger partial charge in [-0.2, -0.15) is 4.39 Å². The number of halogens is 1. The molecule has 4 aromatic rings. The molecule has 0 aliphatic carbocycles. The molecule has 1 N–H and O–H groups in total. The van der Waals surface area contributed by atoms with Gasteiger partial charge in [0.1, 0.15) is 0 Å². The Kier molecular flexibility index (Phi) is 3.62. The molecule has 2 nitrogen and oxygen atoms in total. The van der Waals surface area contributed by atoms with Crippen molar-refractivity contribution in [3.63, 3.8) is 0 Å². The summed E-state index contributed by atoms with van der Waals surface area (Å²) in [5, 5.41) is 1.14. The maximum Gasteiger partial charge on any atom is 0.213 e. The molecule has 4 rings (SSSR count). The zero-order valence-corrected chi connectivity index (χ0v) is 13.4. The van der Waals surface area contributed by atoms with E-state index in [0.29, 0.717) is 0 Å². The lowest BCUT2D eigenvalue weighted by Crippen LogP contribution is -1.87. The van der Waals surface area contributed by atoms with Crippen LogP contribution in [0.4, 0.5) is 4.39 Å². The highest BCUT2D eigenvalue weighted by Gasteiger charge is 2.10. The largest absolute Gasteiger partial charge is 0.361 e. The summed E-state index contributed by atoms with van der Waals surface area (Å²) in [4.78, 5) is 6.97. The van der Waals surface area contributed by atoms with Crippen LogP contribution < -0.4 is 0 Å². The molecule has 0 atom stereocenters. The van der Waals surface area contributed by atoms with Gasteiger partial charge in [-0.15, -0.1) is 0 Å². The van der Waals surface area contributed by atoms with Crippen molar-refractivity contribution in [2.45, 2.75) is 13.3 Å². The summed E-state index contributed by atoms with van der Waals surface area (Å²) in [6.45, 7) is 2.17. The van der Waals surface area contributed by atoms with Crippen molar-refractivity contribution in [1.82, 2.24) is 9.97 Å². The van der Waals surface area contributed by atoms with Gasteiger partial charge in [0.15, 0.2) is 0 Å². The standard InChI is InChI=1S/C21H17FN2/c1-2-14-5-3-4-6-17(14)19-13-24-20-8-7-15(11-18(19)20)16-9-10-23-21(22)12-16/h3-13,24H,2H2,1H3. The number of aromatic amines is 1. The Morgan fingerprint density at radius 1 is 0.958 bits per heavy atom. The summed E-state index contributed by atoms with van der Waals surface area (Å²) < 4.78 is 13.4. The Morgan fingerprint density at radius 3 is 2.62 bits per heavy atom. The average Bonchev–Trinajstić information content (AvgIpc) is 3.04. The summed E-state index contributed by atoms with van der Waals surface area (Å²) in [6.07, 6.45) is 4.54. The van der Waals surface area contributed by atoms with Gasteiger partial charge in [-0.3, -0.25) is 0 Å². The van der Waals surface area contributed by atoms with E-state index in [9.17, 15) is 4.39 Å². The number of hydrogen-bond acceptors (Lipinski definition) is 1. The molecular weight excluding hydrogens is 299 g/mol. The second kappa shape index (κ2) is 5.93. The number of nitrogens with one attached hydrogen (secondary N) is 1. The molecule has 2 aromatic carbocycles. The van der Waals surface area contributed by atoms with E-state index in [4.69, 9.17) is 0 Å². The third-order valence-corrected chi connectivity index (χ3v) is 4.43. The molecule has 0 aliphatic heterocycles. The van der Waals surface area contributed by atoms with Crippen LogP contribution in [0.25, 0.3) is 33.2 Å². The molecule has 0 saturated carbocycles. The lowest BCUT2D eigenvalue weighted by molar-refractivity contribution is 0.584. The topological polar surface area (TPSA) is 28.7 Å². The molecule has 3 heteroatoms. The van der Waals surface area contributed by atoms with Crippen LogP contribution in [-0.2, 0) is 6.42 Å². The van der Waals surface area contributed by atoms with Crippen LogP contribution >= 0.6 is 0 Å². The molecule has 2 aromatic heterocycles. The fourth-order valence-corrected chi connectivity index (χ4v) is 3.20. The highest BCUT2D eigenvalue weighted by atomic mass is 19.1. The normalized spacial score (nSPS) is 11.1. The van der Waals surface area contributed by atoms with Crippen LogP contribution in [0.15, 0.2) is 67.0 Å². The van der Waals surface area contributed by atoms with Gasteiger partial charge in [0.05, 0.1) is 0 Å². The van der Waals surface area contributed by atoms with Crippen LogP contribution in [0.3, 0.4) is 0 Å². The SMILES string of the molecule is CCc1ccccc1-c1c[nH]c2ccc(-c3ccnc(F)c3)cc12. The minimum absolute atomic E-state index is 0.460. The van der Waals surface area contributed by atoms with E-state index in [2.05, 4.69) is 53.4 Å². The van der Waals surface area contributed by atoms with Crippen molar-refractivity contribution < 1.29 is 4.39 Å². The first kappa shape index (κ1) is 14.6. The third-order valence-electron chi connectivity index (χ3n) is 4.43. The minimum Gasteiger partial charge on any atom is -0.361 e. The fraction of sp³-hybridized carbons (Fsp3) is 0.0952. The van der Waals surface area contributed by atoms with Gasteiger partial charge in [-0.1, -0.05) is 37.3 Å². The molecule has 0 radical (unpaired) electrons. The number of pyridine rings is 1. The Labute approximate surface area is 140 Å². The number of aryl methyl sites for hydroxylation is 1. The molecule has 2 heterocycles. The number of aromatic nitrogens is 2. The van der Waals surface area contributed by atoms with Gasteiger partial charge in [0.2, 0.25) is 5.95 Å². The molecule has 0 unspecified atom stereocenters. The summed E-state index contributed by atoms with van der Waals surface area (Å²) >= 11 is 0. The van der Waals surface area contributed by atoms with Crippen molar-refractivity contribution in [3.8, 4) is 22.3 Å². The van der Waals surface area contributed by atoms with Gasteiger partial charge in [-0.25, -0.2) is 4.98 Å². The molecule has 0 fully saturated rings.